The van der Waals surface area contributed by atoms with Crippen molar-refractivity contribution in [2.75, 3.05) is 32.5 Å². The molecule has 0 unspecified atom stereocenters. The van der Waals surface area contributed by atoms with Crippen LogP contribution in [0.1, 0.15) is 43.5 Å². The van der Waals surface area contributed by atoms with E-state index in [4.69, 9.17) is 12.2 Å². The van der Waals surface area contributed by atoms with E-state index in [0.717, 1.165) is 31.0 Å². The smallest absolute Gasteiger partial charge is 0.173 e. The first-order valence-electron chi connectivity index (χ1n) is 9.70. The molecule has 0 aliphatic carbocycles. The molecule has 146 valence electrons. The summed E-state index contributed by atoms with van der Waals surface area (Å²) in [6.45, 7) is 8.34. The minimum Gasteiger partial charge on any atom is -0.341 e. The SMILES string of the molecule is CCc1cccc(CC)c1NC(=S)N(CCN(C)C)[C@H](C)c1cccnc1. The van der Waals surface area contributed by atoms with Crippen LogP contribution in [0, 0.1) is 0 Å². The third-order valence-corrected chi connectivity index (χ3v) is 5.25. The molecule has 0 saturated heterocycles. The van der Waals surface area contributed by atoms with Crippen LogP contribution in [0.5, 0.6) is 0 Å². The summed E-state index contributed by atoms with van der Waals surface area (Å²) in [5, 5.41) is 4.34. The van der Waals surface area contributed by atoms with Crippen molar-refractivity contribution >= 4 is 23.0 Å². The number of thiocarbonyl (C=S) groups is 1. The van der Waals surface area contributed by atoms with E-state index in [-0.39, 0.29) is 6.04 Å². The molecule has 1 aromatic heterocycles. The third-order valence-electron chi connectivity index (χ3n) is 4.91. The van der Waals surface area contributed by atoms with Gasteiger partial charge in [-0.15, -0.1) is 0 Å². The fourth-order valence-electron chi connectivity index (χ4n) is 3.16. The summed E-state index contributed by atoms with van der Waals surface area (Å²) in [4.78, 5) is 8.73. The standard InChI is InChI=1S/C22H32N4S/c1-6-18-10-8-11-19(7-2)21(18)24-22(27)26(15-14-25(4)5)17(3)20-12-9-13-23-16-20/h8-13,16-17H,6-7,14-15H2,1-5H3,(H,24,27)/t17-/m1/s1. The molecule has 0 amide bonds. The highest BCUT2D eigenvalue weighted by atomic mass is 32.1. The number of nitrogens with one attached hydrogen (secondary N) is 1. The molecule has 1 aromatic carbocycles. The summed E-state index contributed by atoms with van der Waals surface area (Å²) < 4.78 is 0. The fourth-order valence-corrected chi connectivity index (χ4v) is 3.52. The van der Waals surface area contributed by atoms with Crippen LogP contribution in [0.2, 0.25) is 0 Å². The van der Waals surface area contributed by atoms with E-state index in [1.165, 1.54) is 22.4 Å². The lowest BCUT2D eigenvalue weighted by molar-refractivity contribution is 0.289. The Balaban J connectivity index is 2.29. The zero-order valence-electron chi connectivity index (χ0n) is 17.2. The fraction of sp³-hybridized carbons (Fsp3) is 0.455. The molecule has 1 N–H and O–H groups in total. The van der Waals surface area contributed by atoms with Crippen molar-refractivity contribution in [2.45, 2.75) is 39.7 Å². The second-order valence-electron chi connectivity index (χ2n) is 7.05. The Morgan fingerprint density at radius 2 is 1.74 bits per heavy atom. The van der Waals surface area contributed by atoms with Gasteiger partial charge < -0.3 is 15.1 Å². The number of para-hydroxylation sites is 1. The summed E-state index contributed by atoms with van der Waals surface area (Å²) in [6, 6.07) is 10.7. The molecule has 0 spiro atoms. The van der Waals surface area contributed by atoms with Gasteiger partial charge in [0.1, 0.15) is 0 Å². The Morgan fingerprint density at radius 1 is 1.07 bits per heavy atom. The highest BCUT2D eigenvalue weighted by molar-refractivity contribution is 7.80. The average Bonchev–Trinajstić information content (AvgIpc) is 2.68. The number of likely N-dealkylation sites (N-methyl/N-ethyl adjacent to an activating group) is 1. The number of aryl methyl sites for hydroxylation is 2. The number of nitrogens with zero attached hydrogens (tertiary/aromatic N) is 3. The predicted octanol–water partition coefficient (Wildman–Crippen LogP) is 4.53. The Kier molecular flexibility index (Phi) is 8.20. The maximum Gasteiger partial charge on any atom is 0.173 e. The maximum absolute atomic E-state index is 5.88. The molecule has 1 heterocycles. The first-order valence-corrected chi connectivity index (χ1v) is 10.1. The lowest BCUT2D eigenvalue weighted by Crippen LogP contribution is -2.41. The van der Waals surface area contributed by atoms with E-state index < -0.39 is 0 Å². The molecule has 0 aliphatic rings. The van der Waals surface area contributed by atoms with Crippen LogP contribution in [0.25, 0.3) is 0 Å². The van der Waals surface area contributed by atoms with E-state index >= 15 is 0 Å². The van der Waals surface area contributed by atoms with Gasteiger partial charge in [-0.3, -0.25) is 4.98 Å². The van der Waals surface area contributed by atoms with Gasteiger partial charge in [0, 0.05) is 31.2 Å². The minimum atomic E-state index is 0.150. The van der Waals surface area contributed by atoms with Crippen LogP contribution >= 0.6 is 12.2 Å². The van der Waals surface area contributed by atoms with E-state index in [1.54, 1.807) is 0 Å². The highest BCUT2D eigenvalue weighted by Crippen LogP contribution is 2.25. The number of pyridine rings is 1. The molecule has 0 aliphatic heterocycles. The van der Waals surface area contributed by atoms with Gasteiger partial charge in [-0.25, -0.2) is 0 Å². The summed E-state index contributed by atoms with van der Waals surface area (Å²) in [5.74, 6) is 0. The molecule has 27 heavy (non-hydrogen) atoms. The molecule has 5 heteroatoms. The molecule has 0 saturated carbocycles. The molecule has 0 fully saturated rings. The molecule has 4 nitrogen and oxygen atoms in total. The van der Waals surface area contributed by atoms with Crippen molar-refractivity contribution < 1.29 is 0 Å². The van der Waals surface area contributed by atoms with Gasteiger partial charge in [0.2, 0.25) is 0 Å². The van der Waals surface area contributed by atoms with Crippen LogP contribution < -0.4 is 5.32 Å². The normalized spacial score (nSPS) is 12.1. The van der Waals surface area contributed by atoms with Crippen molar-refractivity contribution in [3.05, 3.63) is 59.4 Å². The second-order valence-corrected chi connectivity index (χ2v) is 7.43. The van der Waals surface area contributed by atoms with Crippen molar-refractivity contribution in [2.24, 2.45) is 0 Å². The lowest BCUT2D eigenvalue weighted by atomic mass is 10.0. The Morgan fingerprint density at radius 3 is 2.26 bits per heavy atom. The summed E-state index contributed by atoms with van der Waals surface area (Å²) >= 11 is 5.88. The third kappa shape index (κ3) is 5.75. The first kappa shape index (κ1) is 21.3. The van der Waals surface area contributed by atoms with Gasteiger partial charge in [-0.1, -0.05) is 38.1 Å². The molecule has 0 bridgehead atoms. The minimum absolute atomic E-state index is 0.150. The molecule has 1 atom stereocenters. The van der Waals surface area contributed by atoms with E-state index in [2.05, 4.69) is 79.2 Å². The van der Waals surface area contributed by atoms with Crippen LogP contribution in [-0.2, 0) is 12.8 Å². The average molecular weight is 385 g/mol. The second kappa shape index (κ2) is 10.4. The van der Waals surface area contributed by atoms with Crippen LogP contribution in [0.15, 0.2) is 42.7 Å². The van der Waals surface area contributed by atoms with Crippen molar-refractivity contribution in [3.8, 4) is 0 Å². The van der Waals surface area contributed by atoms with Gasteiger partial charge in [-0.05, 0) is 68.8 Å². The van der Waals surface area contributed by atoms with Gasteiger partial charge >= 0.3 is 0 Å². The first-order chi connectivity index (χ1) is 13.0. The summed E-state index contributed by atoms with van der Waals surface area (Å²) in [5.41, 5.74) is 4.94. The number of rotatable bonds is 8. The topological polar surface area (TPSA) is 31.4 Å². The Labute approximate surface area is 169 Å². The van der Waals surface area contributed by atoms with Gasteiger partial charge in [0.15, 0.2) is 5.11 Å². The number of anilines is 1. The molecule has 2 aromatic rings. The van der Waals surface area contributed by atoms with Crippen LogP contribution in [0.4, 0.5) is 5.69 Å². The largest absolute Gasteiger partial charge is 0.341 e. The Bertz CT molecular complexity index is 708. The van der Waals surface area contributed by atoms with Crippen molar-refractivity contribution in [1.29, 1.82) is 0 Å². The van der Waals surface area contributed by atoms with E-state index in [1.807, 2.05) is 18.5 Å². The Hall–Kier alpha value is -1.98. The highest BCUT2D eigenvalue weighted by Gasteiger charge is 2.20. The van der Waals surface area contributed by atoms with E-state index in [0.29, 0.717) is 0 Å². The predicted molar refractivity (Wildman–Crippen MR) is 119 cm³/mol. The monoisotopic (exact) mass is 384 g/mol. The lowest BCUT2D eigenvalue weighted by Gasteiger charge is -2.33. The molecular formula is C22H32N4S. The zero-order valence-corrected chi connectivity index (χ0v) is 18.0. The van der Waals surface area contributed by atoms with Gasteiger partial charge in [0.05, 0.1) is 6.04 Å². The molecule has 2 rings (SSSR count). The summed E-state index contributed by atoms with van der Waals surface area (Å²) in [7, 11) is 4.18. The maximum atomic E-state index is 5.88. The van der Waals surface area contributed by atoms with Crippen LogP contribution in [0.3, 0.4) is 0 Å². The van der Waals surface area contributed by atoms with Crippen molar-refractivity contribution in [3.63, 3.8) is 0 Å². The molecule has 0 radical (unpaired) electrons. The van der Waals surface area contributed by atoms with Gasteiger partial charge in [0.25, 0.3) is 0 Å². The number of benzene rings is 1. The van der Waals surface area contributed by atoms with Crippen molar-refractivity contribution in [1.82, 2.24) is 14.8 Å². The quantitative estimate of drug-likeness (QED) is 0.676. The van der Waals surface area contributed by atoms with E-state index in [9.17, 15) is 0 Å². The number of hydrogen-bond donors (Lipinski definition) is 1. The zero-order chi connectivity index (χ0) is 19.8. The number of hydrogen-bond acceptors (Lipinski definition) is 3. The summed E-state index contributed by atoms with van der Waals surface area (Å²) in [6.07, 6.45) is 5.69. The van der Waals surface area contributed by atoms with Crippen LogP contribution in [-0.4, -0.2) is 47.1 Å². The molecular weight excluding hydrogens is 352 g/mol. The number of aromatic nitrogens is 1. The van der Waals surface area contributed by atoms with Gasteiger partial charge in [-0.2, -0.15) is 0 Å².